The molecule has 0 heterocycles. The van der Waals surface area contributed by atoms with Crippen LogP contribution in [0.15, 0.2) is 84.9 Å². The Morgan fingerprint density at radius 3 is 2.11 bits per heavy atom. The van der Waals surface area contributed by atoms with Crippen LogP contribution in [0.1, 0.15) is 64.3 Å². The molecule has 3 amide bonds. The summed E-state index contributed by atoms with van der Waals surface area (Å²) in [5, 5.41) is 28.7. The zero-order chi connectivity index (χ0) is 33.8. The molecule has 4 aromatic carbocycles. The number of amides is 3. The maximum Gasteiger partial charge on any atom is 0.408 e. The van der Waals surface area contributed by atoms with E-state index in [0.717, 1.165) is 10.8 Å². The molecule has 0 saturated heterocycles. The lowest BCUT2D eigenvalue weighted by Crippen LogP contribution is -2.58. The highest BCUT2D eigenvalue weighted by atomic mass is 16.6. The van der Waals surface area contributed by atoms with Crippen LogP contribution in [-0.2, 0) is 20.7 Å². The number of phenolic OH excluding ortho intramolecular Hbond substituents is 2. The van der Waals surface area contributed by atoms with Crippen molar-refractivity contribution in [3.8, 4) is 11.5 Å². The first-order valence-electron chi connectivity index (χ1n) is 15.2. The topological polar surface area (TPSA) is 128 Å². The Morgan fingerprint density at radius 1 is 0.826 bits per heavy atom. The second-order valence-corrected chi connectivity index (χ2v) is 13.4. The van der Waals surface area contributed by atoms with Crippen LogP contribution in [0.4, 0.5) is 10.5 Å². The van der Waals surface area contributed by atoms with E-state index in [1.807, 2.05) is 36.4 Å². The third kappa shape index (κ3) is 8.35. The lowest BCUT2D eigenvalue weighted by Gasteiger charge is -2.43. The van der Waals surface area contributed by atoms with Gasteiger partial charge in [-0.15, -0.1) is 0 Å². The Morgan fingerprint density at radius 2 is 1.48 bits per heavy atom. The Labute approximate surface area is 270 Å². The van der Waals surface area contributed by atoms with E-state index >= 15 is 0 Å². The molecule has 0 aromatic heterocycles. The Hall–Kier alpha value is -5.05. The summed E-state index contributed by atoms with van der Waals surface area (Å²) in [5.74, 6) is -1.16. The van der Waals surface area contributed by atoms with Gasteiger partial charge in [-0.1, -0.05) is 60.7 Å². The molecule has 9 heteroatoms. The molecule has 0 aliphatic rings. The van der Waals surface area contributed by atoms with Crippen molar-refractivity contribution >= 4 is 34.4 Å². The third-order valence-corrected chi connectivity index (χ3v) is 7.41. The molecule has 46 heavy (non-hydrogen) atoms. The molecule has 0 aliphatic carbocycles. The molecule has 0 fully saturated rings. The van der Waals surface area contributed by atoms with Crippen molar-refractivity contribution < 1.29 is 29.3 Å². The van der Waals surface area contributed by atoms with Crippen molar-refractivity contribution in [2.24, 2.45) is 0 Å². The third-order valence-electron chi connectivity index (χ3n) is 7.41. The number of aryl methyl sites for hydroxylation is 1. The van der Waals surface area contributed by atoms with Gasteiger partial charge >= 0.3 is 6.09 Å². The summed E-state index contributed by atoms with van der Waals surface area (Å²) in [6, 6.07) is 22.2. The average Bonchev–Trinajstić information content (AvgIpc) is 2.96. The van der Waals surface area contributed by atoms with Crippen LogP contribution in [0, 0.1) is 6.92 Å². The van der Waals surface area contributed by atoms with Gasteiger partial charge in [0, 0.05) is 23.2 Å². The van der Waals surface area contributed by atoms with Gasteiger partial charge < -0.3 is 30.5 Å². The van der Waals surface area contributed by atoms with Crippen molar-refractivity contribution in [3.63, 3.8) is 0 Å². The normalized spacial score (nSPS) is 13.0. The zero-order valence-corrected chi connectivity index (χ0v) is 27.4. The van der Waals surface area contributed by atoms with Gasteiger partial charge in [0.15, 0.2) is 0 Å². The summed E-state index contributed by atoms with van der Waals surface area (Å²) in [4.78, 5) is 43.6. The highest BCUT2D eigenvalue weighted by Gasteiger charge is 2.43. The summed E-state index contributed by atoms with van der Waals surface area (Å²) in [6.45, 7) is 12.3. The molecule has 242 valence electrons. The molecule has 2 unspecified atom stereocenters. The summed E-state index contributed by atoms with van der Waals surface area (Å²) >= 11 is 0. The highest BCUT2D eigenvalue weighted by molar-refractivity contribution is 6.01. The number of carbonyl (C=O) groups excluding carboxylic acids is 3. The van der Waals surface area contributed by atoms with E-state index in [0.29, 0.717) is 16.8 Å². The predicted octanol–water partition coefficient (Wildman–Crippen LogP) is 7.00. The Kier molecular flexibility index (Phi) is 9.95. The van der Waals surface area contributed by atoms with Crippen molar-refractivity contribution in [1.82, 2.24) is 10.2 Å². The summed E-state index contributed by atoms with van der Waals surface area (Å²) in [6.07, 6.45) is -0.752. The van der Waals surface area contributed by atoms with E-state index in [1.165, 1.54) is 17.0 Å². The number of aromatic hydroxyl groups is 2. The first kappa shape index (κ1) is 33.8. The first-order chi connectivity index (χ1) is 21.5. The van der Waals surface area contributed by atoms with Crippen LogP contribution in [-0.4, -0.2) is 50.2 Å². The predicted molar refractivity (Wildman–Crippen MR) is 180 cm³/mol. The van der Waals surface area contributed by atoms with E-state index in [9.17, 15) is 24.6 Å². The van der Waals surface area contributed by atoms with Gasteiger partial charge in [-0.2, -0.15) is 0 Å². The second-order valence-electron chi connectivity index (χ2n) is 13.4. The number of phenols is 2. The number of nitrogens with one attached hydrogen (secondary N) is 2. The second kappa shape index (κ2) is 13.5. The fourth-order valence-corrected chi connectivity index (χ4v) is 5.31. The number of alkyl carbamates (subject to hydrolysis) is 1. The maximum atomic E-state index is 14.7. The number of nitrogens with zero attached hydrogens (tertiary/aromatic N) is 1. The number of carbonyl (C=O) groups is 3. The Balaban J connectivity index is 1.81. The SMILES string of the molecule is Cc1cccc(C(C(=O)Nc2ccc3ccccc3c2)N(C(=O)C(Cc2ccc(O)cc2)NC(=O)OC(C)(C)C)C(C)(C)C)c1O. The molecular formula is C37H43N3O6. The minimum absolute atomic E-state index is 0.0454. The number of benzene rings is 4. The van der Waals surface area contributed by atoms with Gasteiger partial charge in [0.2, 0.25) is 5.91 Å². The van der Waals surface area contributed by atoms with Crippen LogP contribution in [0.25, 0.3) is 10.8 Å². The van der Waals surface area contributed by atoms with Crippen molar-refractivity contribution in [2.75, 3.05) is 5.32 Å². The molecule has 0 aliphatic heterocycles. The first-order valence-corrected chi connectivity index (χ1v) is 15.2. The molecule has 0 bridgehead atoms. The smallest absolute Gasteiger partial charge is 0.408 e. The van der Waals surface area contributed by atoms with E-state index in [-0.39, 0.29) is 23.5 Å². The molecule has 0 saturated carbocycles. The molecule has 4 aromatic rings. The number of para-hydroxylation sites is 1. The van der Waals surface area contributed by atoms with Crippen LogP contribution in [0.3, 0.4) is 0 Å². The number of fused-ring (bicyclic) bond motifs is 1. The maximum absolute atomic E-state index is 14.7. The van der Waals surface area contributed by atoms with E-state index in [2.05, 4.69) is 10.6 Å². The summed E-state index contributed by atoms with van der Waals surface area (Å²) < 4.78 is 5.50. The van der Waals surface area contributed by atoms with Gasteiger partial charge in [-0.3, -0.25) is 9.59 Å². The van der Waals surface area contributed by atoms with Gasteiger partial charge in [0.05, 0.1) is 0 Å². The van der Waals surface area contributed by atoms with E-state index < -0.39 is 41.1 Å². The van der Waals surface area contributed by atoms with Crippen LogP contribution < -0.4 is 10.6 Å². The number of hydrogen-bond acceptors (Lipinski definition) is 6. The molecule has 0 radical (unpaired) electrons. The van der Waals surface area contributed by atoms with Crippen LogP contribution >= 0.6 is 0 Å². The molecule has 4 N–H and O–H groups in total. The highest BCUT2D eigenvalue weighted by Crippen LogP contribution is 2.37. The van der Waals surface area contributed by atoms with Gasteiger partial charge in [-0.25, -0.2) is 4.79 Å². The minimum Gasteiger partial charge on any atom is -0.508 e. The standard InChI is InChI=1S/C37H43N3O6/c1-23-11-10-14-29(32(23)42)31(33(43)38-27-18-17-25-12-8-9-13-26(25)22-27)40(36(2,3)4)34(44)30(39-35(45)46-37(5,6)7)21-24-15-19-28(41)20-16-24/h8-20,22,30-31,41-42H,21H2,1-7H3,(H,38,43)(H,39,45). The molecule has 2 atom stereocenters. The zero-order valence-electron chi connectivity index (χ0n) is 27.4. The molecule has 0 spiro atoms. The summed E-state index contributed by atoms with van der Waals surface area (Å²) in [5.41, 5.74) is 0.167. The number of hydrogen-bond donors (Lipinski definition) is 4. The van der Waals surface area contributed by atoms with Gasteiger partial charge in [0.1, 0.15) is 29.2 Å². The fourth-order valence-electron chi connectivity index (χ4n) is 5.31. The molecule has 4 rings (SSSR count). The number of ether oxygens (including phenoxy) is 1. The van der Waals surface area contributed by atoms with Crippen LogP contribution in [0.2, 0.25) is 0 Å². The lowest BCUT2D eigenvalue weighted by atomic mass is 9.92. The average molecular weight is 626 g/mol. The van der Waals surface area contributed by atoms with E-state index in [1.54, 1.807) is 84.9 Å². The largest absolute Gasteiger partial charge is 0.508 e. The lowest BCUT2D eigenvalue weighted by molar-refractivity contribution is -0.146. The van der Waals surface area contributed by atoms with Crippen molar-refractivity contribution in [1.29, 1.82) is 0 Å². The van der Waals surface area contributed by atoms with Crippen molar-refractivity contribution in [3.05, 3.63) is 102 Å². The van der Waals surface area contributed by atoms with Crippen LogP contribution in [0.5, 0.6) is 11.5 Å². The number of rotatable bonds is 8. The van der Waals surface area contributed by atoms with Gasteiger partial charge in [-0.05, 0) is 94.6 Å². The quantitative estimate of drug-likeness (QED) is 0.167. The Bertz CT molecular complexity index is 1720. The summed E-state index contributed by atoms with van der Waals surface area (Å²) in [7, 11) is 0. The molecule has 9 nitrogen and oxygen atoms in total. The van der Waals surface area contributed by atoms with Crippen molar-refractivity contribution in [2.45, 2.75) is 78.1 Å². The fraction of sp³-hybridized carbons (Fsp3) is 0.324. The van der Waals surface area contributed by atoms with E-state index in [4.69, 9.17) is 4.74 Å². The number of anilines is 1. The minimum atomic E-state index is -1.29. The molecular weight excluding hydrogens is 582 g/mol. The monoisotopic (exact) mass is 625 g/mol. The van der Waals surface area contributed by atoms with Gasteiger partial charge in [0.25, 0.3) is 5.91 Å².